The molecule has 0 aromatic heterocycles. The van der Waals surface area contributed by atoms with Crippen LogP contribution in [0.4, 0.5) is 14.5 Å². The molecule has 0 bridgehead atoms. The molecule has 1 aromatic carbocycles. The number of hydrogen-bond donors (Lipinski definition) is 3. The van der Waals surface area contributed by atoms with Gasteiger partial charge in [-0.25, -0.2) is 8.78 Å². The summed E-state index contributed by atoms with van der Waals surface area (Å²) in [5.74, 6) is -2.77. The van der Waals surface area contributed by atoms with Crippen molar-refractivity contribution in [2.24, 2.45) is 0 Å². The third-order valence-corrected chi connectivity index (χ3v) is 2.92. The van der Waals surface area contributed by atoms with E-state index in [1.54, 1.807) is 0 Å². The lowest BCUT2D eigenvalue weighted by molar-refractivity contribution is -0.121. The fourth-order valence-electron chi connectivity index (χ4n) is 1.63. The molecule has 2 amide bonds. The molecule has 108 valence electrons. The normalized spacial score (nSPS) is 13.9. The van der Waals surface area contributed by atoms with Gasteiger partial charge in [0.25, 0.3) is 5.91 Å². The number of benzene rings is 1. The van der Waals surface area contributed by atoms with E-state index < -0.39 is 23.2 Å². The van der Waals surface area contributed by atoms with E-state index in [1.807, 2.05) is 0 Å². The summed E-state index contributed by atoms with van der Waals surface area (Å²) in [7, 11) is 0. The number of nitrogens with one attached hydrogen (secondary N) is 2. The maximum atomic E-state index is 13.2. The Morgan fingerprint density at radius 1 is 1.25 bits per heavy atom. The number of nitrogen functional groups attached to an aromatic ring is 1. The smallest absolute Gasteiger partial charge is 0.251 e. The van der Waals surface area contributed by atoms with Gasteiger partial charge in [-0.05, 0) is 25.0 Å². The van der Waals surface area contributed by atoms with Crippen LogP contribution in [0.2, 0.25) is 0 Å². The second-order valence-corrected chi connectivity index (χ2v) is 4.70. The molecule has 0 saturated heterocycles. The molecule has 0 atom stereocenters. The quantitative estimate of drug-likeness (QED) is 0.703. The Hall–Kier alpha value is -2.18. The SMILES string of the molecule is Nc1c(F)cc(C(=O)NCCC(=O)NC2CC2)cc1F. The topological polar surface area (TPSA) is 84.2 Å². The van der Waals surface area contributed by atoms with Crippen LogP contribution in [0.1, 0.15) is 29.6 Å². The molecular formula is C13H15F2N3O2. The molecule has 0 heterocycles. The predicted octanol–water partition coefficient (Wildman–Crippen LogP) is 0.945. The van der Waals surface area contributed by atoms with Crippen molar-refractivity contribution in [2.45, 2.75) is 25.3 Å². The summed E-state index contributed by atoms with van der Waals surface area (Å²) in [5, 5.41) is 5.19. The van der Waals surface area contributed by atoms with Gasteiger partial charge in [-0.15, -0.1) is 0 Å². The highest BCUT2D eigenvalue weighted by atomic mass is 19.1. The van der Waals surface area contributed by atoms with E-state index in [2.05, 4.69) is 10.6 Å². The average molecular weight is 283 g/mol. The Morgan fingerprint density at radius 2 is 1.85 bits per heavy atom. The highest BCUT2D eigenvalue weighted by molar-refractivity contribution is 5.94. The first-order valence-electron chi connectivity index (χ1n) is 6.29. The zero-order valence-corrected chi connectivity index (χ0v) is 10.7. The molecule has 1 aliphatic carbocycles. The van der Waals surface area contributed by atoms with Gasteiger partial charge < -0.3 is 16.4 Å². The Bertz CT molecular complexity index is 521. The molecule has 5 nitrogen and oxygen atoms in total. The maximum absolute atomic E-state index is 13.2. The zero-order chi connectivity index (χ0) is 14.7. The van der Waals surface area contributed by atoms with Crippen molar-refractivity contribution in [3.05, 3.63) is 29.3 Å². The molecule has 4 N–H and O–H groups in total. The fourth-order valence-corrected chi connectivity index (χ4v) is 1.63. The number of halogens is 2. The largest absolute Gasteiger partial charge is 0.394 e. The minimum Gasteiger partial charge on any atom is -0.394 e. The summed E-state index contributed by atoms with van der Waals surface area (Å²) < 4.78 is 26.4. The lowest BCUT2D eigenvalue weighted by atomic mass is 10.1. The number of rotatable bonds is 5. The molecule has 1 saturated carbocycles. The monoisotopic (exact) mass is 283 g/mol. The number of anilines is 1. The zero-order valence-electron chi connectivity index (χ0n) is 10.7. The summed E-state index contributed by atoms with van der Waals surface area (Å²) in [6.07, 6.45) is 2.10. The van der Waals surface area contributed by atoms with Crippen LogP contribution < -0.4 is 16.4 Å². The summed E-state index contributed by atoms with van der Waals surface area (Å²) in [5.41, 5.74) is 4.32. The van der Waals surface area contributed by atoms with Crippen LogP contribution in [0.25, 0.3) is 0 Å². The second-order valence-electron chi connectivity index (χ2n) is 4.70. The Kier molecular flexibility index (Phi) is 4.16. The van der Waals surface area contributed by atoms with Crippen molar-refractivity contribution in [3.63, 3.8) is 0 Å². The molecule has 1 aliphatic rings. The van der Waals surface area contributed by atoms with E-state index in [1.165, 1.54) is 0 Å². The van der Waals surface area contributed by atoms with Crippen LogP contribution in [-0.2, 0) is 4.79 Å². The third-order valence-electron chi connectivity index (χ3n) is 2.92. The highest BCUT2D eigenvalue weighted by Crippen LogP contribution is 2.18. The van der Waals surface area contributed by atoms with Gasteiger partial charge in [-0.1, -0.05) is 0 Å². The van der Waals surface area contributed by atoms with E-state index in [4.69, 9.17) is 5.73 Å². The Balaban J connectivity index is 1.83. The van der Waals surface area contributed by atoms with E-state index in [0.717, 1.165) is 25.0 Å². The van der Waals surface area contributed by atoms with Gasteiger partial charge in [-0.2, -0.15) is 0 Å². The van der Waals surface area contributed by atoms with Crippen LogP contribution >= 0.6 is 0 Å². The number of hydrogen-bond acceptors (Lipinski definition) is 3. The van der Waals surface area contributed by atoms with Crippen molar-refractivity contribution in [1.82, 2.24) is 10.6 Å². The standard InChI is InChI=1S/C13H15F2N3O2/c14-9-5-7(6-10(15)12(9)16)13(20)17-4-3-11(19)18-8-1-2-8/h5-6,8H,1-4,16H2,(H,17,20)(H,18,19). The number of nitrogens with two attached hydrogens (primary N) is 1. The Morgan fingerprint density at radius 3 is 2.40 bits per heavy atom. The van der Waals surface area contributed by atoms with Crippen molar-refractivity contribution in [1.29, 1.82) is 0 Å². The molecular weight excluding hydrogens is 268 g/mol. The first kappa shape index (κ1) is 14.2. The molecule has 0 aliphatic heterocycles. The summed E-state index contributed by atoms with van der Waals surface area (Å²) in [6.45, 7) is 0.102. The van der Waals surface area contributed by atoms with E-state index in [0.29, 0.717) is 0 Å². The number of carbonyl (C=O) groups is 2. The molecule has 7 heteroatoms. The maximum Gasteiger partial charge on any atom is 0.251 e. The molecule has 1 fully saturated rings. The van der Waals surface area contributed by atoms with Crippen molar-refractivity contribution in [3.8, 4) is 0 Å². The van der Waals surface area contributed by atoms with Crippen LogP contribution in [0, 0.1) is 11.6 Å². The molecule has 2 rings (SSSR count). The summed E-state index contributed by atoms with van der Waals surface area (Å²) >= 11 is 0. The van der Waals surface area contributed by atoms with Gasteiger partial charge in [-0.3, -0.25) is 9.59 Å². The lowest BCUT2D eigenvalue weighted by Gasteiger charge is -2.07. The first-order chi connectivity index (χ1) is 9.47. The molecule has 0 unspecified atom stereocenters. The molecule has 0 spiro atoms. The van der Waals surface area contributed by atoms with Gasteiger partial charge in [0.05, 0.1) is 0 Å². The van der Waals surface area contributed by atoms with Gasteiger partial charge in [0.15, 0.2) is 0 Å². The summed E-state index contributed by atoms with van der Waals surface area (Å²) in [4.78, 5) is 23.0. The van der Waals surface area contributed by atoms with Gasteiger partial charge in [0, 0.05) is 24.6 Å². The van der Waals surface area contributed by atoms with Crippen LogP contribution in [-0.4, -0.2) is 24.4 Å². The summed E-state index contributed by atoms with van der Waals surface area (Å²) in [6, 6.07) is 1.98. The minimum atomic E-state index is -0.985. The van der Waals surface area contributed by atoms with Gasteiger partial charge >= 0.3 is 0 Å². The van der Waals surface area contributed by atoms with Gasteiger partial charge in [0.2, 0.25) is 5.91 Å². The molecule has 1 aromatic rings. The number of carbonyl (C=O) groups excluding carboxylic acids is 2. The first-order valence-corrected chi connectivity index (χ1v) is 6.29. The molecule has 0 radical (unpaired) electrons. The lowest BCUT2D eigenvalue weighted by Crippen LogP contribution is -2.31. The van der Waals surface area contributed by atoms with E-state index in [9.17, 15) is 18.4 Å². The average Bonchev–Trinajstić information content (AvgIpc) is 3.19. The Labute approximate surface area is 114 Å². The van der Waals surface area contributed by atoms with Gasteiger partial charge in [0.1, 0.15) is 17.3 Å². The predicted molar refractivity (Wildman–Crippen MR) is 68.9 cm³/mol. The fraction of sp³-hybridized carbons (Fsp3) is 0.385. The van der Waals surface area contributed by atoms with Crippen molar-refractivity contribution >= 4 is 17.5 Å². The second kappa shape index (κ2) is 5.85. The van der Waals surface area contributed by atoms with Crippen molar-refractivity contribution < 1.29 is 18.4 Å². The highest BCUT2D eigenvalue weighted by Gasteiger charge is 2.22. The third kappa shape index (κ3) is 3.66. The van der Waals surface area contributed by atoms with Crippen LogP contribution in [0.5, 0.6) is 0 Å². The van der Waals surface area contributed by atoms with Crippen LogP contribution in [0.3, 0.4) is 0 Å². The van der Waals surface area contributed by atoms with E-state index in [-0.39, 0.29) is 30.5 Å². The van der Waals surface area contributed by atoms with Crippen LogP contribution in [0.15, 0.2) is 12.1 Å². The van der Waals surface area contributed by atoms with E-state index >= 15 is 0 Å². The van der Waals surface area contributed by atoms with Crippen molar-refractivity contribution in [2.75, 3.05) is 12.3 Å². The number of amides is 2. The molecule has 20 heavy (non-hydrogen) atoms. The minimum absolute atomic E-state index is 0.102.